The number of anilines is 2. The molecule has 0 saturated heterocycles. The Balaban J connectivity index is 2.38. The molecule has 19 heavy (non-hydrogen) atoms. The molecule has 0 atom stereocenters. The van der Waals surface area contributed by atoms with Crippen LogP contribution in [0.15, 0.2) is 42.5 Å². The zero-order chi connectivity index (χ0) is 13.8. The summed E-state index contributed by atoms with van der Waals surface area (Å²) in [6, 6.07) is 11.8. The maximum atomic E-state index is 11.2. The molecule has 0 saturated carbocycles. The Hall–Kier alpha value is -2.44. The molecule has 2 aromatic rings. The van der Waals surface area contributed by atoms with Gasteiger partial charge in [0.25, 0.3) is 0 Å². The molecule has 4 heteroatoms. The Labute approximate surface area is 115 Å². The summed E-state index contributed by atoms with van der Waals surface area (Å²) in [6.07, 6.45) is 5.32. The molecule has 3 nitrogen and oxygen atoms in total. The van der Waals surface area contributed by atoms with E-state index in [2.05, 4.69) is 11.2 Å². The molecule has 0 aliphatic rings. The van der Waals surface area contributed by atoms with Gasteiger partial charge in [0.05, 0.1) is 11.3 Å². The Bertz CT molecular complexity index is 674. The Kier molecular flexibility index (Phi) is 3.74. The minimum atomic E-state index is -1.04. The van der Waals surface area contributed by atoms with Crippen LogP contribution < -0.4 is 5.32 Å². The van der Waals surface area contributed by atoms with Crippen molar-refractivity contribution in [2.45, 2.75) is 0 Å². The van der Waals surface area contributed by atoms with E-state index < -0.39 is 5.97 Å². The number of carboxylic acid groups (broad SMARTS) is 1. The van der Waals surface area contributed by atoms with E-state index in [-0.39, 0.29) is 5.56 Å². The van der Waals surface area contributed by atoms with E-state index in [0.717, 1.165) is 11.3 Å². The van der Waals surface area contributed by atoms with E-state index in [4.69, 9.17) is 23.1 Å². The van der Waals surface area contributed by atoms with Gasteiger partial charge in [-0.3, -0.25) is 0 Å². The second kappa shape index (κ2) is 5.47. The smallest absolute Gasteiger partial charge is 0.337 e. The lowest BCUT2D eigenvalue weighted by Gasteiger charge is -2.10. The third kappa shape index (κ3) is 3.06. The molecule has 0 fully saturated rings. The standard InChI is InChI=1S/C15H10ClNO2/c1-2-10-4-3-5-12(8-10)17-14-7-6-11(16)9-13(14)15(18)19/h1,3-9,17H,(H,18,19). The van der Waals surface area contributed by atoms with Gasteiger partial charge in [-0.25, -0.2) is 4.79 Å². The highest BCUT2D eigenvalue weighted by Gasteiger charge is 2.10. The predicted molar refractivity (Wildman–Crippen MR) is 76.1 cm³/mol. The minimum absolute atomic E-state index is 0.110. The van der Waals surface area contributed by atoms with Crippen LogP contribution in [0.25, 0.3) is 0 Å². The first-order valence-corrected chi connectivity index (χ1v) is 5.84. The van der Waals surface area contributed by atoms with Gasteiger partial charge in [0.15, 0.2) is 0 Å². The lowest BCUT2D eigenvalue weighted by atomic mass is 10.1. The first-order valence-electron chi connectivity index (χ1n) is 5.46. The van der Waals surface area contributed by atoms with Gasteiger partial charge < -0.3 is 10.4 Å². The van der Waals surface area contributed by atoms with Crippen molar-refractivity contribution in [2.75, 3.05) is 5.32 Å². The highest BCUT2D eigenvalue weighted by Crippen LogP contribution is 2.24. The van der Waals surface area contributed by atoms with E-state index in [0.29, 0.717) is 10.7 Å². The Morgan fingerprint density at radius 1 is 1.26 bits per heavy atom. The molecule has 0 radical (unpaired) electrons. The number of hydrogen-bond donors (Lipinski definition) is 2. The minimum Gasteiger partial charge on any atom is -0.478 e. The van der Waals surface area contributed by atoms with Crippen molar-refractivity contribution < 1.29 is 9.90 Å². The van der Waals surface area contributed by atoms with Crippen LogP contribution >= 0.6 is 11.6 Å². The van der Waals surface area contributed by atoms with Gasteiger partial charge in [0.2, 0.25) is 0 Å². The summed E-state index contributed by atoms with van der Waals surface area (Å²) >= 11 is 5.79. The SMILES string of the molecule is C#Cc1cccc(Nc2ccc(Cl)cc2C(=O)O)c1. The first kappa shape index (κ1) is 13.0. The van der Waals surface area contributed by atoms with Gasteiger partial charge in [-0.15, -0.1) is 6.42 Å². The van der Waals surface area contributed by atoms with Gasteiger partial charge >= 0.3 is 5.97 Å². The molecule has 2 rings (SSSR count). The van der Waals surface area contributed by atoms with Gasteiger partial charge in [0, 0.05) is 16.3 Å². The number of nitrogens with one attached hydrogen (secondary N) is 1. The molecule has 0 aliphatic heterocycles. The number of halogens is 1. The first-order chi connectivity index (χ1) is 9.10. The summed E-state index contributed by atoms with van der Waals surface area (Å²) in [5.41, 5.74) is 2.01. The highest BCUT2D eigenvalue weighted by molar-refractivity contribution is 6.31. The van der Waals surface area contributed by atoms with Crippen molar-refractivity contribution in [1.29, 1.82) is 0 Å². The number of hydrogen-bond acceptors (Lipinski definition) is 2. The zero-order valence-corrected chi connectivity index (χ0v) is 10.6. The molecule has 0 aliphatic carbocycles. The fourth-order valence-electron chi connectivity index (χ4n) is 1.64. The van der Waals surface area contributed by atoms with Crippen molar-refractivity contribution in [3.8, 4) is 12.3 Å². The number of rotatable bonds is 3. The normalized spacial score (nSPS) is 9.68. The van der Waals surface area contributed by atoms with Gasteiger partial charge in [-0.1, -0.05) is 23.6 Å². The molecule has 0 bridgehead atoms. The monoisotopic (exact) mass is 271 g/mol. The topological polar surface area (TPSA) is 49.3 Å². The van der Waals surface area contributed by atoms with E-state index in [1.807, 2.05) is 0 Å². The molecule has 2 aromatic carbocycles. The fourth-order valence-corrected chi connectivity index (χ4v) is 1.82. The van der Waals surface area contributed by atoms with E-state index in [1.54, 1.807) is 36.4 Å². The van der Waals surface area contributed by atoms with Gasteiger partial charge in [0.1, 0.15) is 0 Å². The van der Waals surface area contributed by atoms with Gasteiger partial charge in [-0.05, 0) is 36.4 Å². The Morgan fingerprint density at radius 3 is 2.74 bits per heavy atom. The third-order valence-electron chi connectivity index (χ3n) is 2.52. The van der Waals surface area contributed by atoms with Gasteiger partial charge in [-0.2, -0.15) is 0 Å². The van der Waals surface area contributed by atoms with Crippen LogP contribution in [-0.4, -0.2) is 11.1 Å². The number of terminal acetylenes is 1. The van der Waals surface area contributed by atoms with Crippen LogP contribution in [0.2, 0.25) is 5.02 Å². The van der Waals surface area contributed by atoms with Crippen LogP contribution in [0.1, 0.15) is 15.9 Å². The van der Waals surface area contributed by atoms with Crippen LogP contribution in [-0.2, 0) is 0 Å². The second-order valence-corrected chi connectivity index (χ2v) is 4.28. The van der Waals surface area contributed by atoms with E-state index in [9.17, 15) is 4.79 Å². The van der Waals surface area contributed by atoms with Crippen molar-refractivity contribution in [3.05, 3.63) is 58.6 Å². The molecular weight excluding hydrogens is 262 g/mol. The Morgan fingerprint density at radius 2 is 2.05 bits per heavy atom. The zero-order valence-electron chi connectivity index (χ0n) is 9.85. The van der Waals surface area contributed by atoms with Crippen molar-refractivity contribution >= 4 is 28.9 Å². The average Bonchev–Trinajstić information content (AvgIpc) is 2.41. The summed E-state index contributed by atoms with van der Waals surface area (Å²) in [6.45, 7) is 0. The van der Waals surface area contributed by atoms with E-state index >= 15 is 0 Å². The number of carboxylic acids is 1. The maximum absolute atomic E-state index is 11.2. The van der Waals surface area contributed by atoms with Crippen LogP contribution in [0.4, 0.5) is 11.4 Å². The van der Waals surface area contributed by atoms with Crippen LogP contribution in [0, 0.1) is 12.3 Å². The summed E-state index contributed by atoms with van der Waals surface area (Å²) < 4.78 is 0. The quantitative estimate of drug-likeness (QED) is 0.836. The summed E-state index contributed by atoms with van der Waals surface area (Å²) in [5.74, 6) is 1.48. The lowest BCUT2D eigenvalue weighted by molar-refractivity contribution is 0.0698. The van der Waals surface area contributed by atoms with Crippen molar-refractivity contribution in [1.82, 2.24) is 0 Å². The number of aromatic carboxylic acids is 1. The molecule has 0 spiro atoms. The molecule has 0 amide bonds. The highest BCUT2D eigenvalue weighted by atomic mass is 35.5. The molecule has 0 heterocycles. The van der Waals surface area contributed by atoms with E-state index in [1.165, 1.54) is 6.07 Å². The lowest BCUT2D eigenvalue weighted by Crippen LogP contribution is -2.02. The molecule has 2 N–H and O–H groups in total. The third-order valence-corrected chi connectivity index (χ3v) is 2.76. The average molecular weight is 272 g/mol. The molecule has 0 aromatic heterocycles. The summed E-state index contributed by atoms with van der Waals surface area (Å²) in [7, 11) is 0. The molecular formula is C15H10ClNO2. The predicted octanol–water partition coefficient (Wildman–Crippen LogP) is 3.76. The summed E-state index contributed by atoms with van der Waals surface area (Å²) in [5, 5.41) is 12.5. The fraction of sp³-hybridized carbons (Fsp3) is 0. The molecule has 94 valence electrons. The number of benzene rings is 2. The van der Waals surface area contributed by atoms with Crippen LogP contribution in [0.5, 0.6) is 0 Å². The van der Waals surface area contributed by atoms with Crippen LogP contribution in [0.3, 0.4) is 0 Å². The maximum Gasteiger partial charge on any atom is 0.337 e. The second-order valence-electron chi connectivity index (χ2n) is 3.85. The largest absolute Gasteiger partial charge is 0.478 e. The van der Waals surface area contributed by atoms with Crippen molar-refractivity contribution in [2.24, 2.45) is 0 Å². The number of carbonyl (C=O) groups is 1. The summed E-state index contributed by atoms with van der Waals surface area (Å²) in [4.78, 5) is 11.2. The molecule has 0 unspecified atom stereocenters. The van der Waals surface area contributed by atoms with Crippen molar-refractivity contribution in [3.63, 3.8) is 0 Å².